The normalized spacial score (nSPS) is 15.8. The zero-order valence-electron chi connectivity index (χ0n) is 27.3. The van der Waals surface area contributed by atoms with Crippen LogP contribution in [-0.4, -0.2) is 44.9 Å². The van der Waals surface area contributed by atoms with Crippen molar-refractivity contribution in [1.82, 2.24) is 0 Å². The fraction of sp³-hybridized carbons (Fsp3) is 0.184. The average Bonchev–Trinajstić information content (AvgIpc) is 3.58. The molecule has 9 nitrogen and oxygen atoms in total. The van der Waals surface area contributed by atoms with E-state index in [-0.39, 0.29) is 29.9 Å². The molecule has 4 aromatic rings. The first-order valence-corrected chi connectivity index (χ1v) is 16.9. The van der Waals surface area contributed by atoms with Gasteiger partial charge in [-0.1, -0.05) is 86.5 Å². The summed E-state index contributed by atoms with van der Waals surface area (Å²) < 4.78 is 18.1. The highest BCUT2D eigenvalue weighted by atomic mass is 79.9. The predicted octanol–water partition coefficient (Wildman–Crippen LogP) is 7.50. The molecule has 0 atom stereocenters. The predicted molar refractivity (Wildman–Crippen MR) is 195 cm³/mol. The number of carbonyl (C=O) groups excluding carboxylic acids is 3. The number of hydrogen-bond donors (Lipinski definition) is 0. The van der Waals surface area contributed by atoms with Gasteiger partial charge in [0.25, 0.3) is 0 Å². The Hall–Kier alpha value is -4.87. The van der Waals surface area contributed by atoms with Crippen molar-refractivity contribution >= 4 is 66.8 Å². The van der Waals surface area contributed by atoms with E-state index < -0.39 is 23.6 Å². The lowest BCUT2D eigenvalue weighted by Gasteiger charge is -2.46. The zero-order valence-corrected chi connectivity index (χ0v) is 30.4. The Bertz CT molecular complexity index is 1900. The second-order valence-corrected chi connectivity index (χ2v) is 13.3. The molecule has 0 aliphatic carbocycles. The van der Waals surface area contributed by atoms with Gasteiger partial charge >= 0.3 is 17.9 Å². The summed E-state index contributed by atoms with van der Waals surface area (Å²) >= 11 is 7.08. The van der Waals surface area contributed by atoms with E-state index in [1.165, 1.54) is 21.3 Å². The quantitative estimate of drug-likeness (QED) is 0.102. The number of rotatable bonds is 8. The molecule has 2 heterocycles. The fourth-order valence-electron chi connectivity index (χ4n) is 6.69. The van der Waals surface area contributed by atoms with Gasteiger partial charge in [0.15, 0.2) is 5.66 Å². The van der Waals surface area contributed by atoms with E-state index >= 15 is 0 Å². The maximum atomic E-state index is 14.5. The molecule has 1 spiro atoms. The molecule has 0 radical (unpaired) electrons. The average molecular weight is 788 g/mol. The molecule has 0 amide bonds. The van der Waals surface area contributed by atoms with E-state index in [2.05, 4.69) is 41.7 Å². The van der Waals surface area contributed by atoms with Gasteiger partial charge in [-0.25, -0.2) is 14.4 Å². The molecular formula is C38H33Br2N3O6. The third-order valence-electron chi connectivity index (χ3n) is 8.74. The minimum atomic E-state index is -1.63. The summed E-state index contributed by atoms with van der Waals surface area (Å²) in [5, 5.41) is 0. The number of hydrogen-bond acceptors (Lipinski definition) is 9. The van der Waals surface area contributed by atoms with Gasteiger partial charge in [-0.15, -0.1) is 0 Å². The van der Waals surface area contributed by atoms with Crippen LogP contribution in [0, 0.1) is 0 Å². The summed E-state index contributed by atoms with van der Waals surface area (Å²) in [6.07, 6.45) is 0. The van der Waals surface area contributed by atoms with E-state index in [0.29, 0.717) is 11.4 Å². The van der Waals surface area contributed by atoms with E-state index in [9.17, 15) is 14.4 Å². The monoisotopic (exact) mass is 785 g/mol. The molecule has 0 N–H and O–H groups in total. The second-order valence-electron chi connectivity index (χ2n) is 11.4. The Balaban J connectivity index is 1.80. The smallest absolute Gasteiger partial charge is 0.355 e. The molecule has 4 aromatic carbocycles. The van der Waals surface area contributed by atoms with Crippen molar-refractivity contribution in [2.45, 2.75) is 25.7 Å². The number of carbonyl (C=O) groups is 3. The Morgan fingerprint density at radius 2 is 1.10 bits per heavy atom. The third-order valence-corrected chi connectivity index (χ3v) is 9.80. The molecule has 0 unspecified atom stereocenters. The Kier molecular flexibility index (Phi) is 9.67. The van der Waals surface area contributed by atoms with Gasteiger partial charge in [0.2, 0.25) is 0 Å². The first-order valence-electron chi connectivity index (χ1n) is 15.4. The lowest BCUT2D eigenvalue weighted by molar-refractivity contribution is -0.139. The molecular weight excluding hydrogens is 754 g/mol. The van der Waals surface area contributed by atoms with Crippen LogP contribution in [0.4, 0.5) is 17.1 Å². The molecule has 11 heteroatoms. The van der Waals surface area contributed by atoms with Crippen LogP contribution in [0.25, 0.3) is 0 Å². The van der Waals surface area contributed by atoms with Crippen LogP contribution in [0.1, 0.15) is 18.1 Å². The first-order chi connectivity index (χ1) is 23.7. The molecule has 2 aliphatic rings. The van der Waals surface area contributed by atoms with Gasteiger partial charge in [-0.3, -0.25) is 0 Å². The second kappa shape index (κ2) is 13.9. The Labute approximate surface area is 301 Å². The van der Waals surface area contributed by atoms with Crippen LogP contribution in [0.2, 0.25) is 0 Å². The Morgan fingerprint density at radius 3 is 1.55 bits per heavy atom. The van der Waals surface area contributed by atoms with Crippen molar-refractivity contribution in [1.29, 1.82) is 0 Å². The summed E-state index contributed by atoms with van der Waals surface area (Å²) in [7, 11) is 3.84. The molecule has 0 aromatic heterocycles. The van der Waals surface area contributed by atoms with Crippen molar-refractivity contribution < 1.29 is 28.6 Å². The number of methoxy groups -OCH3 is 3. The minimum Gasteiger partial charge on any atom is -0.466 e. The van der Waals surface area contributed by atoms with Gasteiger partial charge in [0.1, 0.15) is 11.3 Å². The summed E-state index contributed by atoms with van der Waals surface area (Å²) in [6.45, 7) is 2.19. The molecule has 49 heavy (non-hydrogen) atoms. The number of esters is 3. The number of fused-ring (bicyclic) bond motifs is 1. The number of halogens is 2. The van der Waals surface area contributed by atoms with Crippen molar-refractivity contribution in [2.75, 3.05) is 36.0 Å². The van der Waals surface area contributed by atoms with Crippen LogP contribution >= 0.6 is 31.9 Å². The lowest BCUT2D eigenvalue weighted by Crippen LogP contribution is -2.61. The largest absolute Gasteiger partial charge is 0.466 e. The molecule has 0 saturated heterocycles. The van der Waals surface area contributed by atoms with Crippen LogP contribution in [0.15, 0.2) is 135 Å². The van der Waals surface area contributed by atoms with Crippen LogP contribution < -0.4 is 14.7 Å². The van der Waals surface area contributed by atoms with Gasteiger partial charge in [0.05, 0.1) is 44.0 Å². The molecule has 6 rings (SSSR count). The zero-order chi connectivity index (χ0) is 34.9. The molecule has 0 saturated carbocycles. The van der Waals surface area contributed by atoms with Gasteiger partial charge < -0.3 is 28.9 Å². The maximum Gasteiger partial charge on any atom is 0.355 e. The SMILES string of the molecule is COC(=O)C1=C(C(=O)OC)C2(/C(=C(/C)C(=O)OC)N1c1ccccc1)N(Cc1ccc(Br)cc1)c1ccccc1N2Cc1ccc(Br)cc1. The van der Waals surface area contributed by atoms with Crippen LogP contribution in [0.5, 0.6) is 0 Å². The highest BCUT2D eigenvalue weighted by Gasteiger charge is 2.66. The van der Waals surface area contributed by atoms with Crippen molar-refractivity contribution in [2.24, 2.45) is 0 Å². The fourth-order valence-corrected chi connectivity index (χ4v) is 7.22. The summed E-state index contributed by atoms with van der Waals surface area (Å²) in [5.74, 6) is -2.17. The summed E-state index contributed by atoms with van der Waals surface area (Å²) in [6, 6.07) is 32.6. The van der Waals surface area contributed by atoms with Gasteiger partial charge in [-0.05, 0) is 66.6 Å². The number of benzene rings is 4. The van der Waals surface area contributed by atoms with E-state index in [1.807, 2.05) is 103 Å². The molecule has 0 fully saturated rings. The van der Waals surface area contributed by atoms with Crippen molar-refractivity contribution in [3.8, 4) is 0 Å². The maximum absolute atomic E-state index is 14.5. The third kappa shape index (κ3) is 5.80. The highest BCUT2D eigenvalue weighted by Crippen LogP contribution is 2.59. The number of anilines is 3. The number of ether oxygens (including phenoxy) is 3. The van der Waals surface area contributed by atoms with Gasteiger partial charge in [0, 0.05) is 27.7 Å². The Morgan fingerprint density at radius 1 is 0.633 bits per heavy atom. The van der Waals surface area contributed by atoms with E-state index in [1.54, 1.807) is 11.8 Å². The highest BCUT2D eigenvalue weighted by molar-refractivity contribution is 9.10. The van der Waals surface area contributed by atoms with E-state index in [0.717, 1.165) is 31.4 Å². The van der Waals surface area contributed by atoms with Crippen molar-refractivity contribution in [3.05, 3.63) is 146 Å². The molecule has 2 aliphatic heterocycles. The lowest BCUT2D eigenvalue weighted by atomic mass is 9.90. The molecule has 0 bridgehead atoms. The molecule has 250 valence electrons. The van der Waals surface area contributed by atoms with Crippen LogP contribution in [0.3, 0.4) is 0 Å². The summed E-state index contributed by atoms with van der Waals surface area (Å²) in [4.78, 5) is 48.2. The van der Waals surface area contributed by atoms with E-state index in [4.69, 9.17) is 14.2 Å². The standard InChI is InChI=1S/C38H33Br2N3O6/c1-24(35(44)47-2)34-38(32(36(45)48-3)33(37(46)49-4)43(34)29-10-6-5-7-11-29)41(22-25-14-18-27(39)19-15-25)30-12-8-9-13-31(30)42(38)23-26-16-20-28(40)21-17-26/h5-21H,22-23H2,1-4H3/b34-24+. The number of para-hydroxylation sites is 3. The van der Waals surface area contributed by atoms with Crippen LogP contribution in [-0.2, 0) is 41.7 Å². The van der Waals surface area contributed by atoms with Crippen molar-refractivity contribution in [3.63, 3.8) is 0 Å². The summed E-state index contributed by atoms with van der Waals surface area (Å²) in [5.41, 5.74) is 2.72. The minimum absolute atomic E-state index is 0.00520. The first kappa shape index (κ1) is 34.0. The topological polar surface area (TPSA) is 88.6 Å². The van der Waals surface area contributed by atoms with Gasteiger partial charge in [-0.2, -0.15) is 0 Å². The number of nitrogens with zero attached hydrogens (tertiary/aromatic N) is 3.